The van der Waals surface area contributed by atoms with Gasteiger partial charge in [-0.3, -0.25) is 9.59 Å². The van der Waals surface area contributed by atoms with Gasteiger partial charge >= 0.3 is 0 Å². The first-order chi connectivity index (χ1) is 12.5. The summed E-state index contributed by atoms with van der Waals surface area (Å²) in [6, 6.07) is 12.8. The molecule has 0 aliphatic rings. The zero-order chi connectivity index (χ0) is 18.7. The van der Waals surface area contributed by atoms with E-state index in [1.807, 2.05) is 6.92 Å². The molecular formula is C19H19FN4O2. The molecule has 0 fully saturated rings. The number of carbonyl (C=O) groups excluding carboxylic acids is 1. The van der Waals surface area contributed by atoms with Crippen molar-refractivity contribution in [3.8, 4) is 0 Å². The molecule has 0 radical (unpaired) electrons. The highest BCUT2D eigenvalue weighted by Crippen LogP contribution is 2.19. The van der Waals surface area contributed by atoms with Crippen LogP contribution in [0.3, 0.4) is 0 Å². The predicted octanol–water partition coefficient (Wildman–Crippen LogP) is 2.54. The molecule has 1 atom stereocenters. The van der Waals surface area contributed by atoms with E-state index in [0.717, 1.165) is 5.56 Å². The summed E-state index contributed by atoms with van der Waals surface area (Å²) in [6.45, 7) is 2.02. The molecule has 0 aliphatic heterocycles. The first-order valence-electron chi connectivity index (χ1n) is 8.31. The van der Waals surface area contributed by atoms with Crippen LogP contribution >= 0.6 is 0 Å². The summed E-state index contributed by atoms with van der Waals surface area (Å²) >= 11 is 0. The molecule has 0 saturated heterocycles. The van der Waals surface area contributed by atoms with Crippen LogP contribution in [-0.4, -0.2) is 32.8 Å². The van der Waals surface area contributed by atoms with E-state index in [1.54, 1.807) is 48.3 Å². The second-order valence-corrected chi connectivity index (χ2v) is 6.12. The van der Waals surface area contributed by atoms with E-state index in [9.17, 15) is 14.0 Å². The Morgan fingerprint density at radius 2 is 1.88 bits per heavy atom. The third-order valence-electron chi connectivity index (χ3n) is 4.49. The Bertz CT molecular complexity index is 985. The SMILES string of the molecule is C[C@H](c1ccc(F)cc1)N(C)C(=O)CCn1nnc2ccccc2c1=O. The van der Waals surface area contributed by atoms with Gasteiger partial charge in [0.15, 0.2) is 0 Å². The van der Waals surface area contributed by atoms with Crippen molar-refractivity contribution in [2.45, 2.75) is 25.9 Å². The van der Waals surface area contributed by atoms with Crippen molar-refractivity contribution in [3.63, 3.8) is 0 Å². The van der Waals surface area contributed by atoms with E-state index in [1.165, 1.54) is 16.8 Å². The Morgan fingerprint density at radius 3 is 2.62 bits per heavy atom. The zero-order valence-corrected chi connectivity index (χ0v) is 14.6. The fourth-order valence-corrected chi connectivity index (χ4v) is 2.73. The molecule has 0 unspecified atom stereocenters. The number of aryl methyl sites for hydroxylation is 1. The fraction of sp³-hybridized carbons (Fsp3) is 0.263. The molecule has 3 rings (SSSR count). The third kappa shape index (κ3) is 3.61. The first-order valence-corrected chi connectivity index (χ1v) is 8.31. The van der Waals surface area contributed by atoms with Crippen LogP contribution in [0, 0.1) is 5.82 Å². The average Bonchev–Trinajstić information content (AvgIpc) is 2.67. The summed E-state index contributed by atoms with van der Waals surface area (Å²) in [4.78, 5) is 26.4. The monoisotopic (exact) mass is 354 g/mol. The lowest BCUT2D eigenvalue weighted by Crippen LogP contribution is -2.32. The number of amides is 1. The smallest absolute Gasteiger partial charge is 0.277 e. The van der Waals surface area contributed by atoms with Gasteiger partial charge in [0.1, 0.15) is 11.3 Å². The van der Waals surface area contributed by atoms with Gasteiger partial charge in [0, 0.05) is 13.5 Å². The molecule has 0 bridgehead atoms. The number of fused-ring (bicyclic) bond motifs is 1. The number of carbonyl (C=O) groups is 1. The summed E-state index contributed by atoms with van der Waals surface area (Å²) < 4.78 is 14.2. The number of hydrogen-bond donors (Lipinski definition) is 0. The molecule has 7 heteroatoms. The van der Waals surface area contributed by atoms with Crippen LogP contribution in [0.1, 0.15) is 24.9 Å². The maximum absolute atomic E-state index is 13.0. The van der Waals surface area contributed by atoms with Gasteiger partial charge in [0.2, 0.25) is 5.91 Å². The van der Waals surface area contributed by atoms with Crippen LogP contribution < -0.4 is 5.56 Å². The molecule has 0 N–H and O–H groups in total. The lowest BCUT2D eigenvalue weighted by atomic mass is 10.1. The maximum Gasteiger partial charge on any atom is 0.277 e. The Kier molecular flexibility index (Phi) is 5.06. The molecule has 2 aromatic carbocycles. The molecule has 1 aromatic heterocycles. The van der Waals surface area contributed by atoms with Crippen LogP contribution in [-0.2, 0) is 11.3 Å². The molecule has 3 aromatic rings. The molecule has 0 spiro atoms. The normalized spacial score (nSPS) is 12.1. The summed E-state index contributed by atoms with van der Waals surface area (Å²) in [5, 5.41) is 8.38. The molecule has 134 valence electrons. The molecular weight excluding hydrogens is 335 g/mol. The lowest BCUT2D eigenvalue weighted by Gasteiger charge is -2.25. The molecule has 1 heterocycles. The Balaban J connectivity index is 1.69. The van der Waals surface area contributed by atoms with Crippen LogP contribution in [0.25, 0.3) is 10.9 Å². The van der Waals surface area contributed by atoms with Gasteiger partial charge in [-0.05, 0) is 36.8 Å². The molecule has 6 nitrogen and oxygen atoms in total. The number of benzene rings is 2. The highest BCUT2D eigenvalue weighted by molar-refractivity contribution is 5.77. The predicted molar refractivity (Wildman–Crippen MR) is 96.0 cm³/mol. The molecule has 0 saturated carbocycles. The van der Waals surface area contributed by atoms with E-state index < -0.39 is 0 Å². The number of nitrogens with zero attached hydrogens (tertiary/aromatic N) is 4. The number of rotatable bonds is 5. The highest BCUT2D eigenvalue weighted by Gasteiger charge is 2.18. The van der Waals surface area contributed by atoms with Crippen molar-refractivity contribution in [3.05, 3.63) is 70.3 Å². The van der Waals surface area contributed by atoms with Gasteiger partial charge in [-0.1, -0.05) is 29.5 Å². The topological polar surface area (TPSA) is 68.1 Å². The highest BCUT2D eigenvalue weighted by atomic mass is 19.1. The van der Waals surface area contributed by atoms with Gasteiger partial charge < -0.3 is 4.90 Å². The number of aromatic nitrogens is 3. The van der Waals surface area contributed by atoms with E-state index >= 15 is 0 Å². The summed E-state index contributed by atoms with van der Waals surface area (Å²) in [5.41, 5.74) is 1.10. The number of halogens is 1. The second kappa shape index (κ2) is 7.43. The van der Waals surface area contributed by atoms with Gasteiger partial charge in [0.25, 0.3) is 5.56 Å². The zero-order valence-electron chi connectivity index (χ0n) is 14.6. The third-order valence-corrected chi connectivity index (χ3v) is 4.49. The minimum atomic E-state index is -0.316. The average molecular weight is 354 g/mol. The quantitative estimate of drug-likeness (QED) is 0.706. The molecule has 0 aliphatic carbocycles. The summed E-state index contributed by atoms with van der Waals surface area (Å²) in [6.07, 6.45) is 0.120. The van der Waals surface area contributed by atoms with Crippen molar-refractivity contribution < 1.29 is 9.18 Å². The second-order valence-electron chi connectivity index (χ2n) is 6.12. The standard InChI is InChI=1S/C19H19FN4O2/c1-13(14-7-9-15(20)10-8-14)23(2)18(25)11-12-24-19(26)16-5-3-4-6-17(16)21-22-24/h3-10,13H,11-12H2,1-2H3/t13-/m1/s1. The Morgan fingerprint density at radius 1 is 1.19 bits per heavy atom. The van der Waals surface area contributed by atoms with Crippen molar-refractivity contribution in [2.24, 2.45) is 0 Å². The maximum atomic E-state index is 13.0. The largest absolute Gasteiger partial charge is 0.339 e. The fourth-order valence-electron chi connectivity index (χ4n) is 2.73. The van der Waals surface area contributed by atoms with E-state index in [4.69, 9.17) is 0 Å². The van der Waals surface area contributed by atoms with E-state index in [0.29, 0.717) is 10.9 Å². The van der Waals surface area contributed by atoms with Crippen LogP contribution in [0.4, 0.5) is 4.39 Å². The van der Waals surface area contributed by atoms with Gasteiger partial charge in [-0.2, -0.15) is 0 Å². The minimum absolute atomic E-state index is 0.120. The van der Waals surface area contributed by atoms with E-state index in [2.05, 4.69) is 10.3 Å². The summed E-state index contributed by atoms with van der Waals surface area (Å²) in [7, 11) is 1.69. The lowest BCUT2D eigenvalue weighted by molar-refractivity contribution is -0.132. The molecule has 26 heavy (non-hydrogen) atoms. The van der Waals surface area contributed by atoms with Crippen molar-refractivity contribution >= 4 is 16.8 Å². The van der Waals surface area contributed by atoms with Crippen molar-refractivity contribution in [1.82, 2.24) is 19.9 Å². The van der Waals surface area contributed by atoms with Crippen LogP contribution in [0.2, 0.25) is 0 Å². The minimum Gasteiger partial charge on any atom is -0.339 e. The van der Waals surface area contributed by atoms with Crippen LogP contribution in [0.15, 0.2) is 53.3 Å². The van der Waals surface area contributed by atoms with Crippen LogP contribution in [0.5, 0.6) is 0 Å². The summed E-state index contributed by atoms with van der Waals surface area (Å²) in [5.74, 6) is -0.451. The van der Waals surface area contributed by atoms with Crippen molar-refractivity contribution in [1.29, 1.82) is 0 Å². The van der Waals surface area contributed by atoms with Gasteiger partial charge in [-0.15, -0.1) is 5.10 Å². The van der Waals surface area contributed by atoms with Gasteiger partial charge in [-0.25, -0.2) is 9.07 Å². The van der Waals surface area contributed by atoms with E-state index in [-0.39, 0.29) is 36.3 Å². The first kappa shape index (κ1) is 17.7. The Labute approximate surface area is 149 Å². The Hall–Kier alpha value is -3.09. The number of hydrogen-bond acceptors (Lipinski definition) is 4. The molecule has 1 amide bonds. The van der Waals surface area contributed by atoms with Crippen molar-refractivity contribution in [2.75, 3.05) is 7.05 Å². The van der Waals surface area contributed by atoms with Gasteiger partial charge in [0.05, 0.1) is 18.0 Å².